The summed E-state index contributed by atoms with van der Waals surface area (Å²) in [5.41, 5.74) is 2.27. The summed E-state index contributed by atoms with van der Waals surface area (Å²) in [5.74, 6) is 1.06. The first kappa shape index (κ1) is 25.6. The van der Waals surface area contributed by atoms with Crippen LogP contribution >= 0.6 is 23.4 Å². The van der Waals surface area contributed by atoms with Gasteiger partial charge in [0.2, 0.25) is 11.8 Å². The first-order valence-corrected chi connectivity index (χ1v) is 13.6. The van der Waals surface area contributed by atoms with Gasteiger partial charge in [-0.2, -0.15) is 0 Å². The molecule has 1 unspecified atom stereocenters. The first-order valence-electron chi connectivity index (χ1n) is 12.0. The normalized spacial score (nSPS) is 15.1. The number of halogens is 1. The average Bonchev–Trinajstić information content (AvgIpc) is 2.83. The molecular weight excluding hydrogens is 452 g/mol. The molecule has 33 heavy (non-hydrogen) atoms. The lowest BCUT2D eigenvalue weighted by molar-refractivity contribution is -0.139. The Morgan fingerprint density at radius 1 is 1.06 bits per heavy atom. The van der Waals surface area contributed by atoms with Crippen molar-refractivity contribution in [3.8, 4) is 0 Å². The fourth-order valence-electron chi connectivity index (χ4n) is 4.41. The Labute approximate surface area is 207 Å². The molecule has 0 spiro atoms. The van der Waals surface area contributed by atoms with Crippen LogP contribution in [0, 0.1) is 0 Å². The van der Waals surface area contributed by atoms with E-state index in [4.69, 9.17) is 11.6 Å². The molecule has 0 radical (unpaired) electrons. The molecule has 2 aromatic rings. The molecule has 0 aromatic heterocycles. The van der Waals surface area contributed by atoms with Gasteiger partial charge in [-0.25, -0.2) is 0 Å². The maximum atomic E-state index is 13.3. The third-order valence-corrected chi connectivity index (χ3v) is 7.43. The highest BCUT2D eigenvalue weighted by atomic mass is 35.5. The number of hydrogen-bond acceptors (Lipinski definition) is 3. The fraction of sp³-hybridized carbons (Fsp3) is 0.481. The molecule has 0 saturated heterocycles. The Kier molecular flexibility index (Phi) is 10.6. The third-order valence-electron chi connectivity index (χ3n) is 6.20. The van der Waals surface area contributed by atoms with Crippen molar-refractivity contribution in [1.82, 2.24) is 10.2 Å². The van der Waals surface area contributed by atoms with E-state index in [1.807, 2.05) is 49.4 Å². The lowest BCUT2D eigenvalue weighted by atomic mass is 9.95. The molecule has 1 fully saturated rings. The highest BCUT2D eigenvalue weighted by molar-refractivity contribution is 7.99. The van der Waals surface area contributed by atoms with Gasteiger partial charge in [0.25, 0.3) is 0 Å². The van der Waals surface area contributed by atoms with Crippen molar-refractivity contribution in [2.24, 2.45) is 0 Å². The van der Waals surface area contributed by atoms with Crippen LogP contribution in [0.4, 0.5) is 0 Å². The second kappa shape index (κ2) is 13.7. The van der Waals surface area contributed by atoms with Crippen molar-refractivity contribution in [1.29, 1.82) is 0 Å². The van der Waals surface area contributed by atoms with Crippen LogP contribution in [0.3, 0.4) is 0 Å². The summed E-state index contributed by atoms with van der Waals surface area (Å²) < 4.78 is 0. The highest BCUT2D eigenvalue weighted by Gasteiger charge is 2.29. The molecule has 178 valence electrons. The number of nitrogens with one attached hydrogen (secondary N) is 1. The Bertz CT molecular complexity index is 887. The Hall–Kier alpha value is -1.98. The van der Waals surface area contributed by atoms with E-state index < -0.39 is 6.04 Å². The molecule has 0 bridgehead atoms. The van der Waals surface area contributed by atoms with Crippen molar-refractivity contribution in [3.63, 3.8) is 0 Å². The minimum atomic E-state index is -0.435. The van der Waals surface area contributed by atoms with E-state index in [-0.39, 0.29) is 17.9 Å². The van der Waals surface area contributed by atoms with Crippen LogP contribution in [0.25, 0.3) is 0 Å². The zero-order valence-corrected chi connectivity index (χ0v) is 21.0. The van der Waals surface area contributed by atoms with Gasteiger partial charge in [0.15, 0.2) is 0 Å². The van der Waals surface area contributed by atoms with E-state index in [0.717, 1.165) is 24.8 Å². The van der Waals surface area contributed by atoms with Crippen LogP contribution in [0.2, 0.25) is 5.02 Å². The van der Waals surface area contributed by atoms with Crippen molar-refractivity contribution >= 4 is 35.2 Å². The standard InChI is InChI=1S/C27H35ClN2O2S/c1-2-25(27(32)29-24-14-7-4-8-15-24)30(17-16-21-10-5-3-6-11-21)26(31)20-33-19-22-12-9-13-23(28)18-22/h3,5-6,9-13,18,24-25H,2,4,7-8,14-17,19-20H2,1H3,(H,29,32). The molecule has 1 aliphatic carbocycles. The van der Waals surface area contributed by atoms with E-state index in [1.165, 1.54) is 24.8 Å². The zero-order chi connectivity index (χ0) is 23.5. The number of carbonyl (C=O) groups is 2. The van der Waals surface area contributed by atoms with Gasteiger partial charge in [0, 0.05) is 23.4 Å². The summed E-state index contributed by atoms with van der Waals surface area (Å²) in [7, 11) is 0. The van der Waals surface area contributed by atoms with E-state index in [0.29, 0.717) is 29.5 Å². The maximum absolute atomic E-state index is 13.3. The molecule has 2 aromatic carbocycles. The molecule has 4 nitrogen and oxygen atoms in total. The molecule has 6 heteroatoms. The number of hydrogen-bond donors (Lipinski definition) is 1. The van der Waals surface area contributed by atoms with Crippen molar-refractivity contribution in [3.05, 3.63) is 70.7 Å². The summed E-state index contributed by atoms with van der Waals surface area (Å²) in [6, 6.07) is 17.7. The summed E-state index contributed by atoms with van der Waals surface area (Å²) >= 11 is 7.65. The number of rotatable bonds is 11. The maximum Gasteiger partial charge on any atom is 0.243 e. The number of carbonyl (C=O) groups excluding carboxylic acids is 2. The minimum absolute atomic E-state index is 0.00865. The van der Waals surface area contributed by atoms with Gasteiger partial charge >= 0.3 is 0 Å². The Morgan fingerprint density at radius 3 is 2.48 bits per heavy atom. The Balaban J connectivity index is 1.64. The molecule has 1 aliphatic rings. The van der Waals surface area contributed by atoms with Gasteiger partial charge in [-0.1, -0.05) is 80.3 Å². The minimum Gasteiger partial charge on any atom is -0.352 e. The highest BCUT2D eigenvalue weighted by Crippen LogP contribution is 2.20. The number of benzene rings is 2. The molecular formula is C27H35ClN2O2S. The average molecular weight is 487 g/mol. The van der Waals surface area contributed by atoms with E-state index >= 15 is 0 Å². The Morgan fingerprint density at radius 2 is 1.79 bits per heavy atom. The molecule has 1 saturated carbocycles. The largest absolute Gasteiger partial charge is 0.352 e. The van der Waals surface area contributed by atoms with Gasteiger partial charge in [-0.3, -0.25) is 9.59 Å². The molecule has 3 rings (SSSR count). The molecule has 0 aliphatic heterocycles. The second-order valence-corrected chi connectivity index (χ2v) is 10.1. The zero-order valence-electron chi connectivity index (χ0n) is 19.5. The van der Waals surface area contributed by atoms with Crippen LogP contribution in [0.1, 0.15) is 56.6 Å². The van der Waals surface area contributed by atoms with Crippen molar-refractivity contribution < 1.29 is 9.59 Å². The van der Waals surface area contributed by atoms with Gasteiger partial charge in [-0.15, -0.1) is 11.8 Å². The molecule has 1 atom stereocenters. The summed E-state index contributed by atoms with van der Waals surface area (Å²) in [5, 5.41) is 3.94. The van der Waals surface area contributed by atoms with E-state index in [2.05, 4.69) is 17.4 Å². The first-order chi connectivity index (χ1) is 16.1. The smallest absolute Gasteiger partial charge is 0.243 e. The number of thioether (sulfide) groups is 1. The van der Waals surface area contributed by atoms with Gasteiger partial charge < -0.3 is 10.2 Å². The quantitative estimate of drug-likeness (QED) is 0.432. The predicted molar refractivity (Wildman–Crippen MR) is 139 cm³/mol. The van der Waals surface area contributed by atoms with Crippen molar-refractivity contribution in [2.45, 2.75) is 69.7 Å². The molecule has 2 amide bonds. The third kappa shape index (κ3) is 8.38. The van der Waals surface area contributed by atoms with Crippen LogP contribution in [0.15, 0.2) is 54.6 Å². The van der Waals surface area contributed by atoms with E-state index in [9.17, 15) is 9.59 Å². The SMILES string of the molecule is CCC(C(=O)NC1CCCCC1)N(CCc1ccccc1)C(=O)CSCc1cccc(Cl)c1. The summed E-state index contributed by atoms with van der Waals surface area (Å²) in [6.45, 7) is 2.53. The van der Waals surface area contributed by atoms with Gasteiger partial charge in [0.05, 0.1) is 5.75 Å². The second-order valence-electron chi connectivity index (χ2n) is 8.71. The lowest BCUT2D eigenvalue weighted by Crippen LogP contribution is -2.52. The molecule has 0 heterocycles. The van der Waals surface area contributed by atoms with Gasteiger partial charge in [-0.05, 0) is 48.9 Å². The lowest BCUT2D eigenvalue weighted by Gasteiger charge is -2.32. The van der Waals surface area contributed by atoms with Crippen LogP contribution in [-0.4, -0.2) is 41.1 Å². The fourth-order valence-corrected chi connectivity index (χ4v) is 5.48. The molecule has 1 N–H and O–H groups in total. The summed E-state index contributed by atoms with van der Waals surface area (Å²) in [4.78, 5) is 28.3. The van der Waals surface area contributed by atoms with Crippen LogP contribution < -0.4 is 5.32 Å². The predicted octanol–water partition coefficient (Wildman–Crippen LogP) is 5.87. The number of amides is 2. The topological polar surface area (TPSA) is 49.4 Å². The number of nitrogens with zero attached hydrogens (tertiary/aromatic N) is 1. The van der Waals surface area contributed by atoms with Crippen molar-refractivity contribution in [2.75, 3.05) is 12.3 Å². The monoisotopic (exact) mass is 486 g/mol. The summed E-state index contributed by atoms with van der Waals surface area (Å²) in [6.07, 6.45) is 6.99. The van der Waals surface area contributed by atoms with Crippen LogP contribution in [-0.2, 0) is 21.8 Å². The van der Waals surface area contributed by atoms with Crippen LogP contribution in [0.5, 0.6) is 0 Å². The van der Waals surface area contributed by atoms with Gasteiger partial charge in [0.1, 0.15) is 6.04 Å². The van der Waals surface area contributed by atoms with E-state index in [1.54, 1.807) is 16.7 Å².